The summed E-state index contributed by atoms with van der Waals surface area (Å²) in [6.07, 6.45) is 2.78. The van der Waals surface area contributed by atoms with E-state index in [0.29, 0.717) is 11.1 Å². The van der Waals surface area contributed by atoms with E-state index in [1.807, 2.05) is 13.8 Å². The zero-order chi connectivity index (χ0) is 14.4. The number of carboxylic acid groups (broad SMARTS) is 1. The number of methoxy groups -OCH3 is 1. The van der Waals surface area contributed by atoms with E-state index in [-0.39, 0.29) is 11.7 Å². The van der Waals surface area contributed by atoms with Gasteiger partial charge in [0.15, 0.2) is 11.6 Å². The number of ether oxygens (including phenoxy) is 1. The maximum Gasteiger partial charge on any atom is 0.328 e. The molecule has 0 unspecified atom stereocenters. The zero-order valence-electron chi connectivity index (χ0n) is 11.4. The van der Waals surface area contributed by atoms with Gasteiger partial charge < -0.3 is 9.84 Å². The molecule has 0 atom stereocenters. The first kappa shape index (κ1) is 15.2. The molecule has 0 aliphatic heterocycles. The van der Waals surface area contributed by atoms with Crippen LogP contribution in [-0.4, -0.2) is 18.2 Å². The molecule has 0 aliphatic carbocycles. The van der Waals surface area contributed by atoms with Gasteiger partial charge in [-0.25, -0.2) is 9.18 Å². The van der Waals surface area contributed by atoms with Gasteiger partial charge in [-0.2, -0.15) is 0 Å². The van der Waals surface area contributed by atoms with Gasteiger partial charge in [0.05, 0.1) is 7.11 Å². The summed E-state index contributed by atoms with van der Waals surface area (Å²) in [5.74, 6) is -1.24. The first-order chi connectivity index (χ1) is 9.03. The van der Waals surface area contributed by atoms with Gasteiger partial charge in [0.2, 0.25) is 0 Å². The SMILES string of the molecule is CCC(CC)/C(=C\C(=O)O)c1ccc(OC)c(F)c1. The van der Waals surface area contributed by atoms with Crippen molar-refractivity contribution >= 4 is 11.5 Å². The van der Waals surface area contributed by atoms with Crippen LogP contribution < -0.4 is 4.74 Å². The zero-order valence-corrected chi connectivity index (χ0v) is 11.4. The average molecular weight is 266 g/mol. The number of carbonyl (C=O) groups is 1. The van der Waals surface area contributed by atoms with Crippen molar-refractivity contribution < 1.29 is 19.0 Å². The summed E-state index contributed by atoms with van der Waals surface area (Å²) in [4.78, 5) is 10.9. The van der Waals surface area contributed by atoms with Crippen LogP contribution in [0.5, 0.6) is 5.75 Å². The topological polar surface area (TPSA) is 46.5 Å². The summed E-state index contributed by atoms with van der Waals surface area (Å²) in [6.45, 7) is 3.98. The molecule has 0 spiro atoms. The molecule has 0 fully saturated rings. The number of hydrogen-bond donors (Lipinski definition) is 1. The fourth-order valence-corrected chi connectivity index (χ4v) is 2.14. The number of hydrogen-bond acceptors (Lipinski definition) is 2. The quantitative estimate of drug-likeness (QED) is 0.798. The van der Waals surface area contributed by atoms with Crippen LogP contribution in [0.25, 0.3) is 5.57 Å². The lowest BCUT2D eigenvalue weighted by atomic mass is 9.88. The van der Waals surface area contributed by atoms with E-state index in [4.69, 9.17) is 9.84 Å². The Balaban J connectivity index is 3.25. The highest BCUT2D eigenvalue weighted by atomic mass is 19.1. The van der Waals surface area contributed by atoms with Crippen LogP contribution in [0.2, 0.25) is 0 Å². The lowest BCUT2D eigenvalue weighted by Crippen LogP contribution is -2.04. The van der Waals surface area contributed by atoms with Crippen LogP contribution in [0.15, 0.2) is 24.3 Å². The molecule has 1 N–H and O–H groups in total. The van der Waals surface area contributed by atoms with Crippen LogP contribution in [0.3, 0.4) is 0 Å². The summed E-state index contributed by atoms with van der Waals surface area (Å²) in [5.41, 5.74) is 1.24. The molecular weight excluding hydrogens is 247 g/mol. The number of aliphatic carboxylic acids is 1. The molecule has 0 amide bonds. The third kappa shape index (κ3) is 3.81. The van der Waals surface area contributed by atoms with Crippen LogP contribution in [0.1, 0.15) is 32.3 Å². The van der Waals surface area contributed by atoms with Gasteiger partial charge in [0, 0.05) is 6.08 Å². The monoisotopic (exact) mass is 266 g/mol. The van der Waals surface area contributed by atoms with Crippen molar-refractivity contribution in [3.63, 3.8) is 0 Å². The molecule has 3 nitrogen and oxygen atoms in total. The van der Waals surface area contributed by atoms with E-state index in [2.05, 4.69) is 0 Å². The fraction of sp³-hybridized carbons (Fsp3) is 0.400. The second-order valence-electron chi connectivity index (χ2n) is 4.30. The first-order valence-corrected chi connectivity index (χ1v) is 6.31. The highest BCUT2D eigenvalue weighted by Gasteiger charge is 2.16. The van der Waals surface area contributed by atoms with E-state index in [1.54, 1.807) is 6.07 Å². The summed E-state index contributed by atoms with van der Waals surface area (Å²) >= 11 is 0. The second-order valence-corrected chi connectivity index (χ2v) is 4.30. The maximum atomic E-state index is 13.7. The summed E-state index contributed by atoms with van der Waals surface area (Å²) in [6, 6.07) is 4.53. The van der Waals surface area contributed by atoms with Crippen molar-refractivity contribution in [1.82, 2.24) is 0 Å². The van der Waals surface area contributed by atoms with Gasteiger partial charge >= 0.3 is 5.97 Å². The molecule has 0 saturated heterocycles. The van der Waals surface area contributed by atoms with Crippen molar-refractivity contribution in [2.45, 2.75) is 26.7 Å². The van der Waals surface area contributed by atoms with E-state index in [9.17, 15) is 9.18 Å². The Morgan fingerprint density at radius 3 is 2.47 bits per heavy atom. The summed E-state index contributed by atoms with van der Waals surface area (Å²) in [7, 11) is 1.40. The second kappa shape index (κ2) is 6.92. The maximum absolute atomic E-state index is 13.7. The lowest BCUT2D eigenvalue weighted by molar-refractivity contribution is -0.131. The van der Waals surface area contributed by atoms with Gasteiger partial charge in [-0.3, -0.25) is 0 Å². The predicted molar refractivity (Wildman–Crippen MR) is 72.6 cm³/mol. The van der Waals surface area contributed by atoms with E-state index >= 15 is 0 Å². The Labute approximate surface area is 112 Å². The van der Waals surface area contributed by atoms with Gasteiger partial charge in [0.25, 0.3) is 0 Å². The van der Waals surface area contributed by atoms with E-state index < -0.39 is 11.8 Å². The molecule has 0 saturated carbocycles. The Morgan fingerprint density at radius 2 is 2.05 bits per heavy atom. The molecule has 0 aromatic heterocycles. The highest BCUT2D eigenvalue weighted by molar-refractivity contribution is 5.90. The smallest absolute Gasteiger partial charge is 0.328 e. The molecule has 4 heteroatoms. The molecular formula is C15H19FO3. The minimum absolute atomic E-state index is 0.101. The Morgan fingerprint density at radius 1 is 1.42 bits per heavy atom. The fourth-order valence-electron chi connectivity index (χ4n) is 2.14. The average Bonchev–Trinajstić information content (AvgIpc) is 2.38. The normalized spacial score (nSPS) is 11.7. The van der Waals surface area contributed by atoms with Crippen molar-refractivity contribution in [1.29, 1.82) is 0 Å². The first-order valence-electron chi connectivity index (χ1n) is 6.31. The molecule has 0 bridgehead atoms. The largest absolute Gasteiger partial charge is 0.494 e. The molecule has 104 valence electrons. The van der Waals surface area contributed by atoms with Crippen LogP contribution in [-0.2, 0) is 4.79 Å². The van der Waals surface area contributed by atoms with Gasteiger partial charge in [-0.05, 0) is 42.0 Å². The summed E-state index contributed by atoms with van der Waals surface area (Å²) < 4.78 is 18.6. The number of rotatable bonds is 6. The predicted octanol–water partition coefficient (Wildman–Crippen LogP) is 3.74. The minimum Gasteiger partial charge on any atom is -0.494 e. The number of allylic oxidation sites excluding steroid dienone is 1. The van der Waals surface area contributed by atoms with E-state index in [0.717, 1.165) is 12.8 Å². The lowest BCUT2D eigenvalue weighted by Gasteiger charge is -2.17. The third-order valence-corrected chi connectivity index (χ3v) is 3.19. The highest BCUT2D eigenvalue weighted by Crippen LogP contribution is 2.31. The standard InChI is InChI=1S/C15H19FO3/c1-4-10(5-2)12(9-15(17)18)11-6-7-14(19-3)13(16)8-11/h6-10H,4-5H2,1-3H3,(H,17,18)/b12-9+. The number of benzene rings is 1. The van der Waals surface area contributed by atoms with Gasteiger partial charge in [-0.1, -0.05) is 19.9 Å². The summed E-state index contributed by atoms with van der Waals surface area (Å²) in [5, 5.41) is 8.96. The van der Waals surface area contributed by atoms with E-state index in [1.165, 1.54) is 25.3 Å². The molecule has 1 rings (SSSR count). The Bertz CT molecular complexity index is 476. The Hall–Kier alpha value is -1.84. The Kier molecular flexibility index (Phi) is 5.55. The van der Waals surface area contributed by atoms with Crippen LogP contribution in [0.4, 0.5) is 4.39 Å². The van der Waals surface area contributed by atoms with Crippen LogP contribution in [0, 0.1) is 11.7 Å². The minimum atomic E-state index is -1.02. The van der Waals surface area contributed by atoms with Crippen molar-refractivity contribution in [3.8, 4) is 5.75 Å². The number of carboxylic acids is 1. The van der Waals surface area contributed by atoms with Crippen molar-refractivity contribution in [2.75, 3.05) is 7.11 Å². The molecule has 0 aliphatic rings. The molecule has 0 heterocycles. The van der Waals surface area contributed by atoms with Crippen molar-refractivity contribution in [2.24, 2.45) is 5.92 Å². The molecule has 1 aromatic carbocycles. The van der Waals surface area contributed by atoms with Gasteiger partial charge in [0.1, 0.15) is 0 Å². The van der Waals surface area contributed by atoms with Gasteiger partial charge in [-0.15, -0.1) is 0 Å². The third-order valence-electron chi connectivity index (χ3n) is 3.19. The number of halogens is 1. The molecule has 1 aromatic rings. The van der Waals surface area contributed by atoms with Crippen LogP contribution >= 0.6 is 0 Å². The molecule has 19 heavy (non-hydrogen) atoms. The van der Waals surface area contributed by atoms with Crippen molar-refractivity contribution in [3.05, 3.63) is 35.7 Å². The molecule has 0 radical (unpaired) electrons.